The summed E-state index contributed by atoms with van der Waals surface area (Å²) in [5, 5.41) is 6.90. The molecule has 1 aliphatic heterocycles. The van der Waals surface area contributed by atoms with Crippen molar-refractivity contribution in [3.63, 3.8) is 0 Å². The third kappa shape index (κ3) is 8.38. The summed E-state index contributed by atoms with van der Waals surface area (Å²) in [5.74, 6) is 1.44. The standard InChI is InChI=1S/C21H35N5O2.HI/c1-5-23-20(25-17-9-11-26(12-10-17)14-19(22)27)24-15-21(2,3)16-7-6-8-18(13-16)28-4;/h6-8,13,17H,5,9-12,14-15H2,1-4H3,(H2,22,27)(H2,23,24,25);1H. The van der Waals surface area contributed by atoms with Crippen LogP contribution in [0.2, 0.25) is 0 Å². The van der Waals surface area contributed by atoms with Gasteiger partial charge in [-0.1, -0.05) is 26.0 Å². The van der Waals surface area contributed by atoms with Crippen molar-refractivity contribution in [2.45, 2.75) is 45.1 Å². The second kappa shape index (κ2) is 12.2. The van der Waals surface area contributed by atoms with E-state index in [0.29, 0.717) is 19.1 Å². The molecule has 0 spiro atoms. The van der Waals surface area contributed by atoms with Crippen LogP contribution in [-0.2, 0) is 10.2 Å². The zero-order valence-corrected chi connectivity index (χ0v) is 20.4. The molecule has 0 saturated carbocycles. The summed E-state index contributed by atoms with van der Waals surface area (Å²) in [4.78, 5) is 18.0. The van der Waals surface area contributed by atoms with Gasteiger partial charge in [-0.15, -0.1) is 24.0 Å². The predicted molar refractivity (Wildman–Crippen MR) is 129 cm³/mol. The first-order chi connectivity index (χ1) is 13.3. The topological polar surface area (TPSA) is 92.0 Å². The first-order valence-corrected chi connectivity index (χ1v) is 10.0. The SMILES string of the molecule is CCNC(=NCC(C)(C)c1cccc(OC)c1)NC1CCN(CC(N)=O)CC1.I. The van der Waals surface area contributed by atoms with E-state index < -0.39 is 0 Å². The molecule has 7 nitrogen and oxygen atoms in total. The number of primary amides is 1. The molecule has 4 N–H and O–H groups in total. The minimum absolute atomic E-state index is 0. The third-order valence-corrected chi connectivity index (χ3v) is 5.14. The molecule has 1 amide bonds. The van der Waals surface area contributed by atoms with Crippen LogP contribution in [0.3, 0.4) is 0 Å². The Morgan fingerprint density at radius 3 is 2.62 bits per heavy atom. The average molecular weight is 517 g/mol. The van der Waals surface area contributed by atoms with Gasteiger partial charge in [0.2, 0.25) is 5.91 Å². The molecule has 0 bridgehead atoms. The molecular formula is C21H36IN5O2. The van der Waals surface area contributed by atoms with E-state index in [1.165, 1.54) is 5.56 Å². The van der Waals surface area contributed by atoms with Gasteiger partial charge in [0, 0.05) is 31.1 Å². The fourth-order valence-corrected chi connectivity index (χ4v) is 3.38. The number of nitrogens with zero attached hydrogens (tertiary/aromatic N) is 2. The van der Waals surface area contributed by atoms with Gasteiger partial charge in [-0.25, -0.2) is 0 Å². The lowest BCUT2D eigenvalue weighted by molar-refractivity contribution is -0.119. The van der Waals surface area contributed by atoms with Gasteiger partial charge >= 0.3 is 0 Å². The van der Waals surface area contributed by atoms with E-state index in [-0.39, 0.29) is 35.3 Å². The Hall–Kier alpha value is -1.55. The Morgan fingerprint density at radius 2 is 2.03 bits per heavy atom. The molecule has 8 heteroatoms. The first kappa shape index (κ1) is 25.5. The maximum Gasteiger partial charge on any atom is 0.231 e. The van der Waals surface area contributed by atoms with Crippen molar-refractivity contribution in [1.29, 1.82) is 0 Å². The maximum absolute atomic E-state index is 11.1. The summed E-state index contributed by atoms with van der Waals surface area (Å²) in [6.45, 7) is 10.0. The quantitative estimate of drug-likeness (QED) is 0.279. The third-order valence-electron chi connectivity index (χ3n) is 5.14. The number of amides is 1. The van der Waals surface area contributed by atoms with Crippen LogP contribution in [0, 0.1) is 0 Å². The normalized spacial score (nSPS) is 16.1. The minimum atomic E-state index is -0.263. The van der Waals surface area contributed by atoms with Gasteiger partial charge in [0.05, 0.1) is 20.2 Å². The summed E-state index contributed by atoms with van der Waals surface area (Å²) >= 11 is 0. The first-order valence-electron chi connectivity index (χ1n) is 10.0. The molecule has 0 radical (unpaired) electrons. The highest BCUT2D eigenvalue weighted by molar-refractivity contribution is 14.0. The molecule has 2 rings (SSSR count). The zero-order chi connectivity index (χ0) is 20.6. The molecule has 0 aromatic heterocycles. The molecule has 1 aliphatic rings. The Labute approximate surface area is 191 Å². The number of ether oxygens (including phenoxy) is 1. The van der Waals surface area contributed by atoms with E-state index in [4.69, 9.17) is 15.5 Å². The number of rotatable bonds is 8. The molecule has 1 heterocycles. The largest absolute Gasteiger partial charge is 0.497 e. The monoisotopic (exact) mass is 517 g/mol. The average Bonchev–Trinajstić information content (AvgIpc) is 2.67. The van der Waals surface area contributed by atoms with Crippen LogP contribution in [-0.4, -0.2) is 62.6 Å². The lowest BCUT2D eigenvalue weighted by Crippen LogP contribution is -2.50. The van der Waals surface area contributed by atoms with E-state index in [1.807, 2.05) is 12.1 Å². The zero-order valence-electron chi connectivity index (χ0n) is 18.0. The van der Waals surface area contributed by atoms with Gasteiger partial charge < -0.3 is 21.1 Å². The number of guanidine groups is 1. The second-order valence-corrected chi connectivity index (χ2v) is 7.97. The highest BCUT2D eigenvalue weighted by atomic mass is 127. The Morgan fingerprint density at radius 1 is 1.34 bits per heavy atom. The smallest absolute Gasteiger partial charge is 0.231 e. The van der Waals surface area contributed by atoms with Crippen molar-refractivity contribution in [1.82, 2.24) is 15.5 Å². The van der Waals surface area contributed by atoms with Gasteiger partial charge in [0.25, 0.3) is 0 Å². The highest BCUT2D eigenvalue weighted by Crippen LogP contribution is 2.26. The van der Waals surface area contributed by atoms with E-state index in [9.17, 15) is 4.79 Å². The van der Waals surface area contributed by atoms with Gasteiger partial charge in [-0.3, -0.25) is 14.7 Å². The number of hydrogen-bond donors (Lipinski definition) is 3. The van der Waals surface area contributed by atoms with Gasteiger partial charge in [-0.2, -0.15) is 0 Å². The van der Waals surface area contributed by atoms with Crippen LogP contribution in [0.4, 0.5) is 0 Å². The molecule has 1 fully saturated rings. The number of hydrogen-bond acceptors (Lipinski definition) is 4. The number of nitrogens with two attached hydrogens (primary N) is 1. The highest BCUT2D eigenvalue weighted by Gasteiger charge is 2.23. The summed E-state index contributed by atoms with van der Waals surface area (Å²) in [7, 11) is 1.69. The van der Waals surface area contributed by atoms with E-state index in [2.05, 4.69) is 48.4 Å². The van der Waals surface area contributed by atoms with Crippen LogP contribution in [0.25, 0.3) is 0 Å². The maximum atomic E-state index is 11.1. The number of carbonyl (C=O) groups excluding carboxylic acids is 1. The molecule has 0 aliphatic carbocycles. The van der Waals surface area contributed by atoms with Gasteiger partial charge in [0.1, 0.15) is 5.75 Å². The number of methoxy groups -OCH3 is 1. The fourth-order valence-electron chi connectivity index (χ4n) is 3.38. The van der Waals surface area contributed by atoms with Crippen molar-refractivity contribution in [3.05, 3.63) is 29.8 Å². The van der Waals surface area contributed by atoms with Crippen molar-refractivity contribution in [2.24, 2.45) is 10.7 Å². The van der Waals surface area contributed by atoms with Crippen molar-refractivity contribution >= 4 is 35.8 Å². The van der Waals surface area contributed by atoms with Crippen LogP contribution < -0.4 is 21.1 Å². The summed E-state index contributed by atoms with van der Waals surface area (Å²) in [5.41, 5.74) is 6.38. The van der Waals surface area contributed by atoms with Gasteiger partial charge in [-0.05, 0) is 37.5 Å². The number of aliphatic imine (C=N–C) groups is 1. The van der Waals surface area contributed by atoms with E-state index in [1.54, 1.807) is 7.11 Å². The van der Waals surface area contributed by atoms with Crippen LogP contribution in [0.1, 0.15) is 39.2 Å². The van der Waals surface area contributed by atoms with Crippen molar-refractivity contribution in [3.8, 4) is 5.75 Å². The number of halogens is 1. The molecule has 0 atom stereocenters. The van der Waals surface area contributed by atoms with Crippen LogP contribution in [0.15, 0.2) is 29.3 Å². The molecule has 29 heavy (non-hydrogen) atoms. The number of benzene rings is 1. The number of carbonyl (C=O) groups is 1. The predicted octanol–water partition coefficient (Wildman–Crippen LogP) is 2.10. The van der Waals surface area contributed by atoms with E-state index >= 15 is 0 Å². The molecule has 1 saturated heterocycles. The molecule has 1 aromatic rings. The Kier molecular flexibility index (Phi) is 10.7. The second-order valence-electron chi connectivity index (χ2n) is 7.97. The van der Waals surface area contributed by atoms with Crippen LogP contribution in [0.5, 0.6) is 5.75 Å². The molecular weight excluding hydrogens is 481 g/mol. The summed E-state index contributed by atoms with van der Waals surface area (Å²) in [6, 6.07) is 8.51. The lowest BCUT2D eigenvalue weighted by atomic mass is 9.84. The fraction of sp³-hybridized carbons (Fsp3) is 0.619. The molecule has 0 unspecified atom stereocenters. The number of likely N-dealkylation sites (tertiary alicyclic amines) is 1. The Bertz CT molecular complexity index is 673. The number of nitrogens with one attached hydrogen (secondary N) is 2. The van der Waals surface area contributed by atoms with Crippen LogP contribution >= 0.6 is 24.0 Å². The molecule has 164 valence electrons. The summed E-state index contributed by atoms with van der Waals surface area (Å²) < 4.78 is 5.35. The van der Waals surface area contributed by atoms with Crippen molar-refractivity contribution in [2.75, 3.05) is 39.8 Å². The lowest BCUT2D eigenvalue weighted by Gasteiger charge is -2.32. The van der Waals surface area contributed by atoms with Crippen molar-refractivity contribution < 1.29 is 9.53 Å². The summed E-state index contributed by atoms with van der Waals surface area (Å²) in [6.07, 6.45) is 1.94. The number of piperidine rings is 1. The molecule has 1 aromatic carbocycles. The van der Waals surface area contributed by atoms with Gasteiger partial charge in [0.15, 0.2) is 5.96 Å². The Balaban J connectivity index is 0.00000420. The van der Waals surface area contributed by atoms with E-state index in [0.717, 1.165) is 44.2 Å². The minimum Gasteiger partial charge on any atom is -0.497 e.